The van der Waals surface area contributed by atoms with Crippen LogP contribution >= 0.6 is 8.73 Å². The molecule has 0 aromatic heterocycles. The van der Waals surface area contributed by atoms with Gasteiger partial charge in [-0.1, -0.05) is 6.08 Å². The van der Waals surface area contributed by atoms with Crippen molar-refractivity contribution in [3.8, 4) is 0 Å². The van der Waals surface area contributed by atoms with Crippen LogP contribution < -0.4 is 5.09 Å². The Morgan fingerprint density at radius 2 is 2.33 bits per heavy atom. The number of allylic oxidation sites excluding steroid dienone is 2. The summed E-state index contributed by atoms with van der Waals surface area (Å²) in [4.78, 5) is 0. The lowest BCUT2D eigenvalue weighted by Crippen LogP contribution is -1.85. The highest BCUT2D eigenvalue weighted by molar-refractivity contribution is 7.39. The molecule has 1 rings (SSSR count). The van der Waals surface area contributed by atoms with Crippen molar-refractivity contribution < 1.29 is 0 Å². The molecule has 0 aliphatic carbocycles. The van der Waals surface area contributed by atoms with Crippen LogP contribution in [0.1, 0.15) is 0 Å². The summed E-state index contributed by atoms with van der Waals surface area (Å²) in [6.07, 6.45) is 5.96. The third-order valence-electron chi connectivity index (χ3n) is 0.554. The van der Waals surface area contributed by atoms with Crippen LogP contribution in [-0.2, 0) is 0 Å². The number of hydrogen-bond donors (Lipinski definition) is 1. The molecule has 0 saturated heterocycles. The molecule has 6 heavy (non-hydrogen) atoms. The number of rotatable bonds is 0. The maximum Gasteiger partial charge on any atom is -0.000263 e. The van der Waals surface area contributed by atoms with Crippen LogP contribution in [-0.4, -0.2) is 0 Å². The average molecular weight is 99.1 g/mol. The molecular weight excluding hydrogens is 93.0 g/mol. The van der Waals surface area contributed by atoms with E-state index < -0.39 is 0 Å². The Morgan fingerprint density at radius 3 is 2.50 bits per heavy atom. The summed E-state index contributed by atoms with van der Waals surface area (Å²) in [6, 6.07) is 0. The van der Waals surface area contributed by atoms with Crippen LogP contribution in [0.2, 0.25) is 0 Å². The molecule has 1 aliphatic rings. The Balaban J connectivity index is 2.46. The first-order chi connectivity index (χ1) is 3.00. The SMILES string of the molecule is C1=CNPC=C1. The van der Waals surface area contributed by atoms with Gasteiger partial charge in [0.05, 0.1) is 0 Å². The van der Waals surface area contributed by atoms with E-state index in [0.717, 1.165) is 8.73 Å². The Hall–Kier alpha value is -0.290. The highest BCUT2D eigenvalue weighted by atomic mass is 31.1. The molecule has 0 fully saturated rings. The van der Waals surface area contributed by atoms with E-state index >= 15 is 0 Å². The van der Waals surface area contributed by atoms with Crippen molar-refractivity contribution >= 4 is 8.73 Å². The molecule has 0 amide bonds. The molecule has 1 nitrogen and oxygen atoms in total. The van der Waals surface area contributed by atoms with E-state index in [-0.39, 0.29) is 0 Å². The summed E-state index contributed by atoms with van der Waals surface area (Å²) in [7, 11) is 0.784. The van der Waals surface area contributed by atoms with Crippen LogP contribution in [0.3, 0.4) is 0 Å². The monoisotopic (exact) mass is 99.0 g/mol. The summed E-state index contributed by atoms with van der Waals surface area (Å²) >= 11 is 0. The minimum absolute atomic E-state index is 0.784. The van der Waals surface area contributed by atoms with Crippen LogP contribution in [0, 0.1) is 0 Å². The first-order valence-corrected chi connectivity index (χ1v) is 2.90. The standard InChI is InChI=1S/C4H6NP/c1-2-4-6-5-3-1/h1-6H. The lowest BCUT2D eigenvalue weighted by molar-refractivity contribution is 1.40. The van der Waals surface area contributed by atoms with E-state index in [1.54, 1.807) is 0 Å². The molecule has 0 spiro atoms. The van der Waals surface area contributed by atoms with Crippen molar-refractivity contribution in [1.29, 1.82) is 0 Å². The van der Waals surface area contributed by atoms with Gasteiger partial charge in [-0.25, -0.2) is 0 Å². The molecule has 0 saturated carbocycles. The van der Waals surface area contributed by atoms with Crippen molar-refractivity contribution in [1.82, 2.24) is 5.09 Å². The number of nitrogens with one attached hydrogen (secondary N) is 1. The predicted molar refractivity (Wildman–Crippen MR) is 29.7 cm³/mol. The molecule has 1 atom stereocenters. The minimum atomic E-state index is 0.784. The van der Waals surface area contributed by atoms with Gasteiger partial charge in [-0.2, -0.15) is 0 Å². The van der Waals surface area contributed by atoms with Gasteiger partial charge in [0.15, 0.2) is 0 Å². The van der Waals surface area contributed by atoms with Crippen molar-refractivity contribution in [2.24, 2.45) is 0 Å². The largest absolute Gasteiger partial charge is 0.369 e. The maximum atomic E-state index is 3.05. The second-order valence-corrected chi connectivity index (χ2v) is 1.92. The zero-order chi connectivity index (χ0) is 4.24. The summed E-state index contributed by atoms with van der Waals surface area (Å²) in [5.74, 6) is 2.10. The predicted octanol–water partition coefficient (Wildman–Crippen LogP) is 1.21. The Kier molecular flexibility index (Phi) is 1.29. The summed E-state index contributed by atoms with van der Waals surface area (Å²) in [5, 5.41) is 3.05. The number of hydrogen-bond acceptors (Lipinski definition) is 1. The normalized spacial score (nSPS) is 21.3. The van der Waals surface area contributed by atoms with Gasteiger partial charge in [0.1, 0.15) is 0 Å². The van der Waals surface area contributed by atoms with Crippen molar-refractivity contribution in [3.05, 3.63) is 24.2 Å². The van der Waals surface area contributed by atoms with Crippen molar-refractivity contribution in [2.75, 3.05) is 0 Å². The highest BCUT2D eigenvalue weighted by Crippen LogP contribution is 2.07. The fourth-order valence-corrected chi connectivity index (χ4v) is 0.800. The first kappa shape index (κ1) is 3.89. The fourth-order valence-electron chi connectivity index (χ4n) is 0.304. The molecular formula is C4H6NP. The molecule has 1 heterocycles. The zero-order valence-corrected chi connectivity index (χ0v) is 4.31. The molecule has 1 aliphatic heterocycles. The maximum absolute atomic E-state index is 3.05. The molecule has 1 unspecified atom stereocenters. The van der Waals surface area contributed by atoms with Crippen molar-refractivity contribution in [3.63, 3.8) is 0 Å². The molecule has 32 valence electrons. The topological polar surface area (TPSA) is 12.0 Å². The molecule has 0 aromatic carbocycles. The summed E-state index contributed by atoms with van der Waals surface area (Å²) in [6.45, 7) is 0. The third kappa shape index (κ3) is 0.836. The van der Waals surface area contributed by atoms with Crippen molar-refractivity contribution in [2.45, 2.75) is 0 Å². The second kappa shape index (κ2) is 1.99. The van der Waals surface area contributed by atoms with Gasteiger partial charge in [-0.15, -0.1) is 0 Å². The van der Waals surface area contributed by atoms with Gasteiger partial charge in [0.25, 0.3) is 0 Å². The summed E-state index contributed by atoms with van der Waals surface area (Å²) < 4.78 is 0. The molecule has 0 radical (unpaired) electrons. The van der Waals surface area contributed by atoms with E-state index in [2.05, 4.69) is 10.9 Å². The Morgan fingerprint density at radius 1 is 1.33 bits per heavy atom. The van der Waals surface area contributed by atoms with E-state index in [4.69, 9.17) is 0 Å². The fraction of sp³-hybridized carbons (Fsp3) is 0. The molecule has 0 aromatic rings. The quantitative estimate of drug-likeness (QED) is 0.450. The van der Waals surface area contributed by atoms with Crippen LogP contribution in [0.5, 0.6) is 0 Å². The van der Waals surface area contributed by atoms with E-state index in [0.29, 0.717) is 0 Å². The van der Waals surface area contributed by atoms with E-state index in [1.165, 1.54) is 0 Å². The molecule has 0 bridgehead atoms. The Bertz CT molecular complexity index is 73.5. The average Bonchev–Trinajstić information content (AvgIpc) is 1.72. The first-order valence-electron chi connectivity index (χ1n) is 1.83. The van der Waals surface area contributed by atoms with Crippen LogP contribution in [0.15, 0.2) is 24.2 Å². The Labute approximate surface area is 39.0 Å². The minimum Gasteiger partial charge on any atom is -0.369 e. The van der Waals surface area contributed by atoms with E-state index in [1.807, 2.05) is 18.4 Å². The molecule has 1 N–H and O–H groups in total. The van der Waals surface area contributed by atoms with Gasteiger partial charge in [0.2, 0.25) is 0 Å². The van der Waals surface area contributed by atoms with Gasteiger partial charge in [0, 0.05) is 0 Å². The summed E-state index contributed by atoms with van der Waals surface area (Å²) in [5.41, 5.74) is 0. The smallest absolute Gasteiger partial charge is 0.000263 e. The van der Waals surface area contributed by atoms with Crippen LogP contribution in [0.4, 0.5) is 0 Å². The lowest BCUT2D eigenvalue weighted by atomic mass is 10.6. The van der Waals surface area contributed by atoms with Gasteiger partial charge in [-0.05, 0) is 26.8 Å². The second-order valence-electron chi connectivity index (χ2n) is 1.01. The van der Waals surface area contributed by atoms with Gasteiger partial charge in [-0.3, -0.25) is 0 Å². The van der Waals surface area contributed by atoms with Gasteiger partial charge < -0.3 is 5.09 Å². The zero-order valence-electron chi connectivity index (χ0n) is 3.31. The molecule has 2 heteroatoms. The third-order valence-corrected chi connectivity index (χ3v) is 1.25. The lowest BCUT2D eigenvalue weighted by Gasteiger charge is -1.94. The van der Waals surface area contributed by atoms with Crippen LogP contribution in [0.25, 0.3) is 0 Å². The van der Waals surface area contributed by atoms with Gasteiger partial charge >= 0.3 is 0 Å². The highest BCUT2D eigenvalue weighted by Gasteiger charge is 1.73. The van der Waals surface area contributed by atoms with E-state index in [9.17, 15) is 0 Å².